The Morgan fingerprint density at radius 3 is 1.94 bits per heavy atom. The average molecular weight is 1020 g/mol. The van der Waals surface area contributed by atoms with Gasteiger partial charge in [-0.2, -0.15) is 8.42 Å². The number of aliphatic hydroxyl groups excluding tert-OH is 10. The maximum absolute atomic E-state index is 12.3. The largest absolute Gasteiger partial charge is 0.397 e. The number of aliphatic hydroxyl groups is 10. The highest BCUT2D eigenvalue weighted by Gasteiger charge is 2.79. The summed E-state index contributed by atoms with van der Waals surface area (Å²) in [6, 6.07) is 0. The molecule has 0 radical (unpaired) electrons. The second-order valence-electron chi connectivity index (χ2n) is 24.3. The molecule has 4 saturated carbocycles. The zero-order valence-electron chi connectivity index (χ0n) is 41.1. The maximum atomic E-state index is 12.3. The molecular weight excluding hydrogens is 945 g/mol. The van der Waals surface area contributed by atoms with Gasteiger partial charge in [-0.15, -0.1) is 0 Å². The lowest BCUT2D eigenvalue weighted by atomic mass is 9.32. The minimum absolute atomic E-state index is 0.0136. The summed E-state index contributed by atoms with van der Waals surface area (Å²) in [5.41, 5.74) is -2.82. The van der Waals surface area contributed by atoms with Crippen LogP contribution in [0.5, 0.6) is 0 Å². The monoisotopic (exact) mass is 1020 g/mol. The maximum Gasteiger partial charge on any atom is 0.397 e. The van der Waals surface area contributed by atoms with Crippen molar-refractivity contribution in [2.45, 2.75) is 210 Å². The lowest BCUT2D eigenvalue weighted by Gasteiger charge is -2.73. The van der Waals surface area contributed by atoms with Crippen molar-refractivity contribution in [3.8, 4) is 0 Å². The minimum Gasteiger partial charge on any atom is -0.396 e. The number of fused-ring (bicyclic) bond motifs is 4. The summed E-state index contributed by atoms with van der Waals surface area (Å²) in [5, 5.41) is 110. The summed E-state index contributed by atoms with van der Waals surface area (Å²) < 4.78 is 81.5. The van der Waals surface area contributed by atoms with Crippen LogP contribution >= 0.6 is 0 Å². The van der Waals surface area contributed by atoms with E-state index in [4.69, 9.17) is 33.2 Å². The molecule has 4 saturated heterocycles. The van der Waals surface area contributed by atoms with Crippen molar-refractivity contribution in [3.63, 3.8) is 0 Å². The van der Waals surface area contributed by atoms with Gasteiger partial charge in [0.05, 0.1) is 50.3 Å². The molecule has 2 bridgehead atoms. The molecule has 1 spiro atoms. The third-order valence-corrected chi connectivity index (χ3v) is 20.7. The van der Waals surface area contributed by atoms with E-state index in [0.717, 1.165) is 25.7 Å². The van der Waals surface area contributed by atoms with Gasteiger partial charge in [0, 0.05) is 22.2 Å². The minimum atomic E-state index is -5.24. The van der Waals surface area contributed by atoms with E-state index < -0.39 is 150 Å². The number of rotatable bonds is 11. The Morgan fingerprint density at radius 1 is 0.657 bits per heavy atom. The van der Waals surface area contributed by atoms with E-state index in [0.29, 0.717) is 32.3 Å². The highest BCUT2D eigenvalue weighted by molar-refractivity contribution is 7.80. The van der Waals surface area contributed by atoms with Crippen LogP contribution in [0.25, 0.3) is 0 Å². The molecule has 0 aromatic rings. The Hall–Kier alpha value is -1.07. The molecule has 70 heavy (non-hydrogen) atoms. The summed E-state index contributed by atoms with van der Waals surface area (Å²) in [7, 11) is -5.24. The van der Waals surface area contributed by atoms with Gasteiger partial charge in [0.2, 0.25) is 0 Å². The van der Waals surface area contributed by atoms with Crippen molar-refractivity contribution >= 4 is 10.4 Å². The second kappa shape index (κ2) is 18.3. The molecule has 11 N–H and O–H groups in total. The highest BCUT2D eigenvalue weighted by Crippen LogP contribution is 2.79. The van der Waals surface area contributed by atoms with Crippen LogP contribution < -0.4 is 0 Å². The van der Waals surface area contributed by atoms with Crippen molar-refractivity contribution in [1.82, 2.24) is 0 Å². The van der Waals surface area contributed by atoms with Crippen molar-refractivity contribution in [2.75, 3.05) is 26.4 Å². The zero-order valence-corrected chi connectivity index (χ0v) is 41.9. The van der Waals surface area contributed by atoms with Crippen molar-refractivity contribution in [3.05, 3.63) is 12.2 Å². The smallest absolute Gasteiger partial charge is 0.396 e. The van der Waals surface area contributed by atoms with Gasteiger partial charge >= 0.3 is 10.4 Å². The first-order valence-electron chi connectivity index (χ1n) is 25.1. The van der Waals surface area contributed by atoms with Gasteiger partial charge in [-0.05, 0) is 86.4 Å². The van der Waals surface area contributed by atoms with E-state index in [1.807, 2.05) is 6.92 Å². The molecule has 0 aromatic carbocycles. The van der Waals surface area contributed by atoms with Crippen LogP contribution in [0.1, 0.15) is 99.8 Å². The molecule has 8 fully saturated rings. The van der Waals surface area contributed by atoms with Crippen LogP contribution in [0.3, 0.4) is 0 Å². The number of ether oxygens (including phenoxy) is 7. The number of hydrogen-bond acceptors (Lipinski definition) is 20. The normalized spacial score (nSPS) is 56.3. The summed E-state index contributed by atoms with van der Waals surface area (Å²) in [6.07, 6.45) is -17.1. The molecule has 0 aromatic heterocycles. The zero-order chi connectivity index (χ0) is 51.1. The molecule has 4 aliphatic heterocycles. The summed E-state index contributed by atoms with van der Waals surface area (Å²) in [4.78, 5) is 0. The molecule has 9 aliphatic rings. The molecule has 26 atom stereocenters. The number of hydrogen-bond donors (Lipinski definition) is 11. The first kappa shape index (κ1) is 53.7. The first-order chi connectivity index (χ1) is 32.6. The average Bonchev–Trinajstić information content (AvgIpc) is 3.57. The fourth-order valence-corrected chi connectivity index (χ4v) is 16.5. The van der Waals surface area contributed by atoms with Gasteiger partial charge in [0.1, 0.15) is 67.1 Å². The summed E-state index contributed by atoms with van der Waals surface area (Å²) in [6.45, 7) is 13.5. The molecule has 5 aliphatic carbocycles. The van der Waals surface area contributed by atoms with Crippen LogP contribution in [-0.4, -0.2) is 200 Å². The van der Waals surface area contributed by atoms with Crippen LogP contribution in [0.2, 0.25) is 0 Å². The van der Waals surface area contributed by atoms with Crippen LogP contribution in [0.15, 0.2) is 12.2 Å². The molecule has 4 heterocycles. The van der Waals surface area contributed by atoms with Gasteiger partial charge in [0.25, 0.3) is 0 Å². The lowest BCUT2D eigenvalue weighted by molar-refractivity contribution is -0.397. The molecule has 9 rings (SSSR count). The fourth-order valence-electron chi connectivity index (χ4n) is 16.0. The van der Waals surface area contributed by atoms with E-state index in [9.17, 15) is 64.0 Å². The van der Waals surface area contributed by atoms with Crippen molar-refractivity contribution in [2.24, 2.45) is 50.2 Å². The molecule has 402 valence electrons. The van der Waals surface area contributed by atoms with Crippen molar-refractivity contribution < 1.29 is 101 Å². The Balaban J connectivity index is 1.03. The highest BCUT2D eigenvalue weighted by atomic mass is 32.3. The molecule has 22 heteroatoms. The van der Waals surface area contributed by atoms with Crippen LogP contribution in [-0.2, 0) is 47.7 Å². The van der Waals surface area contributed by atoms with E-state index in [2.05, 4.69) is 51.0 Å². The first-order valence-corrected chi connectivity index (χ1v) is 26.5. The van der Waals surface area contributed by atoms with Gasteiger partial charge in [-0.25, -0.2) is 4.18 Å². The topological polar surface area (TPSA) is 331 Å². The second-order valence-corrected chi connectivity index (χ2v) is 25.3. The Kier molecular flexibility index (Phi) is 14.1. The van der Waals surface area contributed by atoms with Gasteiger partial charge in [0.15, 0.2) is 18.9 Å². The summed E-state index contributed by atoms with van der Waals surface area (Å²) in [5.74, 6) is 0.0265. The third-order valence-electron chi connectivity index (χ3n) is 20.2. The van der Waals surface area contributed by atoms with E-state index >= 15 is 0 Å². The predicted molar refractivity (Wildman–Crippen MR) is 240 cm³/mol. The van der Waals surface area contributed by atoms with Gasteiger partial charge < -0.3 is 84.2 Å². The van der Waals surface area contributed by atoms with Gasteiger partial charge in [-0.1, -0.05) is 53.7 Å². The standard InChI is InChI=1S/C48H78O21S/c1-22-30(53)37(67-39-34(57)32(55)31(54)23(18-49)64-39)38(68-40-35(58)33(56)36(24(19-50)65-40)69-70(59,60)61)41(63-22)66-29-10-11-43(4)25(44(29,5)20-51)8-12-45(6)26(43)9-13-48-27-16-42(2,3)14-15-47(27,21-62-48)28(52)17-46(45,48)7/h9,13,22-41,49-58H,8,10-12,14-21H2,1-7H3,(H,59,60,61)/t22-,23-,24-,25-,26-,27-,28+,29+,30+,31-,32+,33-,34-,35-,36-,37+,38-,39+,40+,41+,43+,44+,45-,46+,47-,48+/m1/s1. The Bertz CT molecular complexity index is 2060. The molecular formula is C48H78O21S. The predicted octanol–water partition coefficient (Wildman–Crippen LogP) is -0.572. The Labute approximate surface area is 409 Å². The summed E-state index contributed by atoms with van der Waals surface area (Å²) >= 11 is 0. The number of allylic oxidation sites excluding steroid dienone is 1. The molecule has 0 amide bonds. The van der Waals surface area contributed by atoms with E-state index in [1.165, 1.54) is 6.92 Å². The molecule has 21 nitrogen and oxygen atoms in total. The quantitative estimate of drug-likeness (QED) is 0.0701. The lowest BCUT2D eigenvalue weighted by Crippen LogP contribution is -2.72. The van der Waals surface area contributed by atoms with Crippen LogP contribution in [0.4, 0.5) is 0 Å². The Morgan fingerprint density at radius 2 is 1.30 bits per heavy atom. The van der Waals surface area contributed by atoms with Crippen LogP contribution in [0, 0.1) is 50.2 Å². The van der Waals surface area contributed by atoms with Gasteiger partial charge in [-0.3, -0.25) is 4.55 Å². The molecule has 0 unspecified atom stereocenters. The van der Waals surface area contributed by atoms with E-state index in [-0.39, 0.29) is 40.6 Å². The third kappa shape index (κ3) is 7.98. The van der Waals surface area contributed by atoms with Crippen molar-refractivity contribution in [1.29, 1.82) is 0 Å². The fraction of sp³-hybridized carbons (Fsp3) is 0.958. The SMILES string of the molecule is C[C@H]1O[C@@H](O[C@H]2CC[C@@]3(C)[C@@H](CC[C@]4(C)[C@@H]3C=C[C@]35OC[C@@]6(CCC(C)(C)C[C@H]63)[C@@H](O)C[C@]54C)[C@]2(C)CO)[C@H](O[C@@H]2O[C@H](CO)[C@@H](OS(=O)(=O)O)[C@H](O)[C@H]2O)[C@@H](O[C@@H]2O[C@H](CO)[C@@H](O)[C@H](O)[C@H]2O)[C@H]1O. The van der Waals surface area contributed by atoms with E-state index in [1.54, 1.807) is 0 Å².